The van der Waals surface area contributed by atoms with Crippen LogP contribution in [-0.4, -0.2) is 51.2 Å². The number of pyridine rings is 1. The highest BCUT2D eigenvalue weighted by Crippen LogP contribution is 2.34. The van der Waals surface area contributed by atoms with E-state index in [1.165, 1.54) is 0 Å². The summed E-state index contributed by atoms with van der Waals surface area (Å²) >= 11 is 0. The first kappa shape index (κ1) is 17.2. The summed E-state index contributed by atoms with van der Waals surface area (Å²) < 4.78 is 0. The summed E-state index contributed by atoms with van der Waals surface area (Å²) in [5.74, 6) is 0.220. The lowest BCUT2D eigenvalue weighted by molar-refractivity contribution is 0.184. The minimum atomic E-state index is -0.463. The molecule has 0 spiro atoms. The molecule has 2 unspecified atom stereocenters. The monoisotopic (exact) mass is 341 g/mol. The van der Waals surface area contributed by atoms with Gasteiger partial charge in [-0.05, 0) is 25.5 Å². The van der Waals surface area contributed by atoms with Crippen LogP contribution in [0.5, 0.6) is 0 Å². The van der Waals surface area contributed by atoms with Crippen molar-refractivity contribution in [1.82, 2.24) is 9.97 Å². The molecule has 0 radical (unpaired) electrons. The molecule has 7 heteroatoms. The van der Waals surface area contributed by atoms with Gasteiger partial charge in [-0.2, -0.15) is 0 Å². The van der Waals surface area contributed by atoms with Crippen molar-refractivity contribution in [3.05, 3.63) is 48.6 Å². The third-order valence-electron chi connectivity index (χ3n) is 4.33. The zero-order valence-electron chi connectivity index (χ0n) is 14.2. The van der Waals surface area contributed by atoms with Crippen molar-refractivity contribution in [2.75, 3.05) is 18.1 Å². The Morgan fingerprint density at radius 2 is 2.40 bits per heavy atom. The maximum Gasteiger partial charge on any atom is 0.140 e. The molecule has 1 fully saturated rings. The van der Waals surface area contributed by atoms with Gasteiger partial charge in [-0.1, -0.05) is 12.7 Å². The highest BCUT2D eigenvalue weighted by molar-refractivity contribution is 6.18. The molecule has 2 atom stereocenters. The predicted molar refractivity (Wildman–Crippen MR) is 99.6 cm³/mol. The number of β-amino-alcohol motifs (C(OH)–C–C–N with tert-alkyl or cyclic N) is 1. The summed E-state index contributed by atoms with van der Waals surface area (Å²) in [5.41, 5.74) is 8.82. The second-order valence-electron chi connectivity index (χ2n) is 6.12. The minimum Gasteiger partial charge on any atom is -0.394 e. The molecule has 2 aromatic heterocycles. The van der Waals surface area contributed by atoms with E-state index in [1.807, 2.05) is 36.2 Å². The van der Waals surface area contributed by atoms with E-state index in [1.54, 1.807) is 6.20 Å². The standard InChI is InChI=1S/C18H23N5O2/c1-3-4-15(22-11(2)19)14-8-21-18-17(14)16(5-6-20-18)23-9-13(25)7-12(23)10-24/h3-6,8,12-13,24-25H,2,7,9-10,19H2,1H3,(H,20,21)/b4-3-,22-15+. The summed E-state index contributed by atoms with van der Waals surface area (Å²) in [6.45, 7) is 6.01. The van der Waals surface area contributed by atoms with Gasteiger partial charge in [0.05, 0.1) is 35.5 Å². The molecule has 0 saturated carbocycles. The third kappa shape index (κ3) is 3.29. The molecule has 1 aliphatic rings. The number of fused-ring (bicyclic) bond motifs is 1. The van der Waals surface area contributed by atoms with Crippen LogP contribution in [0, 0.1) is 0 Å². The summed E-state index contributed by atoms with van der Waals surface area (Å²) in [6, 6.07) is 1.76. The van der Waals surface area contributed by atoms with Gasteiger partial charge in [0.25, 0.3) is 0 Å². The van der Waals surface area contributed by atoms with Crippen LogP contribution < -0.4 is 10.6 Å². The van der Waals surface area contributed by atoms with E-state index in [-0.39, 0.29) is 18.5 Å². The van der Waals surface area contributed by atoms with Gasteiger partial charge in [-0.3, -0.25) is 0 Å². The van der Waals surface area contributed by atoms with E-state index in [9.17, 15) is 10.2 Å². The molecule has 7 nitrogen and oxygen atoms in total. The van der Waals surface area contributed by atoms with Crippen LogP contribution in [0.3, 0.4) is 0 Å². The Balaban J connectivity index is 2.18. The van der Waals surface area contributed by atoms with Crippen molar-refractivity contribution in [3.63, 3.8) is 0 Å². The quantitative estimate of drug-likeness (QED) is 0.613. The number of aromatic nitrogens is 2. The molecule has 0 bridgehead atoms. The number of nitrogens with zero attached hydrogens (tertiary/aromatic N) is 3. The van der Waals surface area contributed by atoms with Crippen LogP contribution >= 0.6 is 0 Å². The van der Waals surface area contributed by atoms with Crippen molar-refractivity contribution in [2.24, 2.45) is 10.7 Å². The zero-order chi connectivity index (χ0) is 18.0. The molecule has 0 aromatic carbocycles. The number of nitrogens with one attached hydrogen (secondary N) is 1. The number of H-pyrrole nitrogens is 1. The number of nitrogens with two attached hydrogens (primary N) is 1. The second-order valence-corrected chi connectivity index (χ2v) is 6.12. The second kappa shape index (κ2) is 7.08. The Kier molecular flexibility index (Phi) is 4.87. The van der Waals surface area contributed by atoms with Gasteiger partial charge >= 0.3 is 0 Å². The number of anilines is 1. The van der Waals surface area contributed by atoms with E-state index >= 15 is 0 Å². The molecule has 3 rings (SSSR count). The van der Waals surface area contributed by atoms with Gasteiger partial charge in [-0.25, -0.2) is 9.98 Å². The highest BCUT2D eigenvalue weighted by atomic mass is 16.3. The Morgan fingerprint density at radius 1 is 1.60 bits per heavy atom. The van der Waals surface area contributed by atoms with Gasteiger partial charge < -0.3 is 25.8 Å². The summed E-state index contributed by atoms with van der Waals surface area (Å²) in [7, 11) is 0. The Labute approximate surface area is 146 Å². The van der Waals surface area contributed by atoms with Crippen LogP contribution in [0.2, 0.25) is 0 Å². The van der Waals surface area contributed by atoms with Gasteiger partial charge in [0.15, 0.2) is 0 Å². The number of hydrogen-bond acceptors (Lipinski definition) is 6. The first-order valence-corrected chi connectivity index (χ1v) is 8.23. The molecular formula is C18H23N5O2. The van der Waals surface area contributed by atoms with Gasteiger partial charge in [-0.15, -0.1) is 0 Å². The maximum absolute atomic E-state index is 10.0. The highest BCUT2D eigenvalue weighted by Gasteiger charge is 2.32. The summed E-state index contributed by atoms with van der Waals surface area (Å²) in [6.07, 6.45) is 7.37. The van der Waals surface area contributed by atoms with Gasteiger partial charge in [0.1, 0.15) is 11.5 Å². The fourth-order valence-electron chi connectivity index (χ4n) is 3.34. The smallest absolute Gasteiger partial charge is 0.140 e. The number of hydrogen-bond donors (Lipinski definition) is 4. The molecule has 25 heavy (non-hydrogen) atoms. The number of aliphatic imine (C=N–C) groups is 1. The average molecular weight is 341 g/mol. The minimum absolute atomic E-state index is 0.0178. The molecule has 2 aromatic rings. The fraction of sp³-hybridized carbons (Fsp3) is 0.333. The first-order chi connectivity index (χ1) is 12.0. The summed E-state index contributed by atoms with van der Waals surface area (Å²) in [5, 5.41) is 20.6. The number of rotatable bonds is 5. The van der Waals surface area contributed by atoms with Crippen LogP contribution in [0.15, 0.2) is 48.0 Å². The summed E-state index contributed by atoms with van der Waals surface area (Å²) in [4.78, 5) is 13.9. The lowest BCUT2D eigenvalue weighted by Gasteiger charge is -2.26. The number of allylic oxidation sites excluding steroid dienone is 2. The molecule has 3 heterocycles. The molecule has 132 valence electrons. The lowest BCUT2D eigenvalue weighted by atomic mass is 10.1. The van der Waals surface area contributed by atoms with Crippen molar-refractivity contribution in [3.8, 4) is 0 Å². The van der Waals surface area contributed by atoms with Crippen molar-refractivity contribution >= 4 is 22.4 Å². The molecule has 0 aliphatic carbocycles. The van der Waals surface area contributed by atoms with Crippen LogP contribution in [0.1, 0.15) is 18.9 Å². The third-order valence-corrected chi connectivity index (χ3v) is 4.33. The van der Waals surface area contributed by atoms with E-state index in [0.717, 1.165) is 16.6 Å². The van der Waals surface area contributed by atoms with E-state index < -0.39 is 6.10 Å². The topological polar surface area (TPSA) is 111 Å². The fourth-order valence-corrected chi connectivity index (χ4v) is 3.34. The first-order valence-electron chi connectivity index (χ1n) is 8.23. The molecule has 0 amide bonds. The molecule has 1 saturated heterocycles. The number of aliphatic hydroxyl groups excluding tert-OH is 2. The van der Waals surface area contributed by atoms with Crippen molar-refractivity contribution in [1.29, 1.82) is 0 Å². The maximum atomic E-state index is 10.0. The molecule has 5 N–H and O–H groups in total. The Bertz CT molecular complexity index is 839. The Hall–Kier alpha value is -2.64. The zero-order valence-corrected chi connectivity index (χ0v) is 14.2. The van der Waals surface area contributed by atoms with E-state index in [4.69, 9.17) is 5.73 Å². The van der Waals surface area contributed by atoms with Crippen molar-refractivity contribution in [2.45, 2.75) is 25.5 Å². The Morgan fingerprint density at radius 3 is 3.08 bits per heavy atom. The van der Waals surface area contributed by atoms with E-state index in [0.29, 0.717) is 24.3 Å². The molecule has 1 aliphatic heterocycles. The van der Waals surface area contributed by atoms with Gasteiger partial charge in [0, 0.05) is 24.5 Å². The number of aliphatic hydroxyl groups is 2. The molecular weight excluding hydrogens is 318 g/mol. The van der Waals surface area contributed by atoms with Gasteiger partial charge in [0.2, 0.25) is 0 Å². The van der Waals surface area contributed by atoms with Crippen LogP contribution in [0.25, 0.3) is 11.0 Å². The SMILES string of the molecule is C=C(N)/N=C(\C=C/C)c1c[nH]c2nccc(N3CC(O)CC3CO)c12. The normalized spacial score (nSPS) is 21.6. The lowest BCUT2D eigenvalue weighted by Crippen LogP contribution is -2.32. The van der Waals surface area contributed by atoms with Crippen molar-refractivity contribution < 1.29 is 10.2 Å². The predicted octanol–water partition coefficient (Wildman–Crippen LogP) is 1.29. The number of aromatic amines is 1. The average Bonchev–Trinajstić information content (AvgIpc) is 3.17. The van der Waals surface area contributed by atoms with E-state index in [2.05, 4.69) is 21.5 Å². The largest absolute Gasteiger partial charge is 0.394 e. The van der Waals surface area contributed by atoms with Crippen LogP contribution in [0.4, 0.5) is 5.69 Å². The van der Waals surface area contributed by atoms with Crippen LogP contribution in [-0.2, 0) is 0 Å².